The van der Waals surface area contributed by atoms with Crippen molar-refractivity contribution in [1.29, 1.82) is 0 Å². The molecule has 0 saturated carbocycles. The van der Waals surface area contributed by atoms with Crippen molar-refractivity contribution in [2.45, 2.75) is 18.9 Å². The molecule has 0 heterocycles. The van der Waals surface area contributed by atoms with Gasteiger partial charge >= 0.3 is 5.97 Å². The van der Waals surface area contributed by atoms with Gasteiger partial charge in [-0.25, -0.2) is 0 Å². The second kappa shape index (κ2) is 4.93. The monoisotopic (exact) mass is 212 g/mol. The van der Waals surface area contributed by atoms with Crippen LogP contribution in [-0.2, 0) is 9.59 Å². The summed E-state index contributed by atoms with van der Waals surface area (Å²) in [6.07, 6.45) is 4.21. The minimum absolute atomic E-state index is 0.0231. The van der Waals surface area contributed by atoms with Crippen LogP contribution >= 0.6 is 0 Å². The molecule has 0 aliphatic heterocycles. The zero-order valence-corrected chi connectivity index (χ0v) is 8.72. The van der Waals surface area contributed by atoms with Crippen molar-refractivity contribution in [3.63, 3.8) is 0 Å². The Morgan fingerprint density at radius 1 is 1.53 bits per heavy atom. The standard InChI is InChI=1S/C10H16N2O3/c1-12(5-4-9(13)14)10(15)7-2-3-8(11)6-7/h2-3,7-8H,4-6,11H2,1H3,(H,13,14). The van der Waals surface area contributed by atoms with E-state index in [-0.39, 0.29) is 30.8 Å². The number of nitrogens with two attached hydrogens (primary N) is 1. The Kier molecular flexibility index (Phi) is 3.85. The molecule has 2 atom stereocenters. The van der Waals surface area contributed by atoms with Gasteiger partial charge in [0.05, 0.1) is 12.3 Å². The fraction of sp³-hybridized carbons (Fsp3) is 0.600. The fourth-order valence-electron chi connectivity index (χ4n) is 1.57. The molecule has 84 valence electrons. The first-order valence-corrected chi connectivity index (χ1v) is 4.91. The summed E-state index contributed by atoms with van der Waals surface area (Å²) in [4.78, 5) is 23.5. The van der Waals surface area contributed by atoms with Gasteiger partial charge in [0.2, 0.25) is 5.91 Å². The molecule has 1 amide bonds. The molecule has 0 fully saturated rings. The van der Waals surface area contributed by atoms with Crippen molar-refractivity contribution in [3.05, 3.63) is 12.2 Å². The van der Waals surface area contributed by atoms with Crippen molar-refractivity contribution in [3.8, 4) is 0 Å². The average Bonchev–Trinajstić information content (AvgIpc) is 2.60. The molecule has 0 aromatic rings. The lowest BCUT2D eigenvalue weighted by atomic mass is 10.1. The Bertz CT molecular complexity index is 288. The van der Waals surface area contributed by atoms with Crippen LogP contribution in [0, 0.1) is 5.92 Å². The van der Waals surface area contributed by atoms with Gasteiger partial charge in [0.25, 0.3) is 0 Å². The van der Waals surface area contributed by atoms with Crippen LogP contribution in [0.3, 0.4) is 0 Å². The lowest BCUT2D eigenvalue weighted by molar-refractivity contribution is -0.138. The maximum Gasteiger partial charge on any atom is 0.305 e. The molecule has 1 rings (SSSR count). The lowest BCUT2D eigenvalue weighted by Gasteiger charge is -2.19. The summed E-state index contributed by atoms with van der Waals surface area (Å²) in [5.41, 5.74) is 5.63. The van der Waals surface area contributed by atoms with Crippen LogP contribution in [0.2, 0.25) is 0 Å². The molecule has 15 heavy (non-hydrogen) atoms. The van der Waals surface area contributed by atoms with Crippen LogP contribution in [0.4, 0.5) is 0 Å². The summed E-state index contributed by atoms with van der Waals surface area (Å²) in [5.74, 6) is -1.13. The van der Waals surface area contributed by atoms with Gasteiger partial charge in [-0.2, -0.15) is 0 Å². The fourth-order valence-corrected chi connectivity index (χ4v) is 1.57. The highest BCUT2D eigenvalue weighted by Crippen LogP contribution is 2.18. The molecule has 5 heteroatoms. The van der Waals surface area contributed by atoms with Crippen LogP contribution in [0.1, 0.15) is 12.8 Å². The Balaban J connectivity index is 2.39. The van der Waals surface area contributed by atoms with Crippen molar-refractivity contribution in [2.75, 3.05) is 13.6 Å². The second-order valence-corrected chi connectivity index (χ2v) is 3.79. The van der Waals surface area contributed by atoms with E-state index in [1.165, 1.54) is 4.90 Å². The van der Waals surface area contributed by atoms with Crippen molar-refractivity contribution >= 4 is 11.9 Å². The first kappa shape index (κ1) is 11.7. The number of hydrogen-bond donors (Lipinski definition) is 2. The SMILES string of the molecule is CN(CCC(=O)O)C(=O)C1C=CC(N)C1. The highest BCUT2D eigenvalue weighted by molar-refractivity contribution is 5.81. The van der Waals surface area contributed by atoms with Crippen LogP contribution < -0.4 is 5.73 Å². The number of carboxylic acid groups (broad SMARTS) is 1. The van der Waals surface area contributed by atoms with Crippen molar-refractivity contribution in [2.24, 2.45) is 11.7 Å². The van der Waals surface area contributed by atoms with E-state index >= 15 is 0 Å². The Hall–Kier alpha value is -1.36. The lowest BCUT2D eigenvalue weighted by Crippen LogP contribution is -2.34. The number of nitrogens with zero attached hydrogens (tertiary/aromatic N) is 1. The normalized spacial score (nSPS) is 24.1. The topological polar surface area (TPSA) is 83.6 Å². The molecule has 3 N–H and O–H groups in total. The molecule has 0 radical (unpaired) electrons. The molecule has 0 aromatic heterocycles. The van der Waals surface area contributed by atoms with Gasteiger partial charge in [0.15, 0.2) is 0 Å². The summed E-state index contributed by atoms with van der Waals surface area (Å²) in [6.45, 7) is 0.244. The maximum atomic E-state index is 11.7. The highest BCUT2D eigenvalue weighted by Gasteiger charge is 2.25. The number of amides is 1. The highest BCUT2D eigenvalue weighted by atomic mass is 16.4. The molecule has 1 aliphatic carbocycles. The Morgan fingerprint density at radius 3 is 2.67 bits per heavy atom. The van der Waals surface area contributed by atoms with Gasteiger partial charge in [0.1, 0.15) is 0 Å². The molecular formula is C10H16N2O3. The van der Waals surface area contributed by atoms with E-state index in [1.807, 2.05) is 6.08 Å². The predicted octanol–water partition coefficient (Wildman–Crippen LogP) is -0.177. The van der Waals surface area contributed by atoms with Crippen LogP contribution in [0.25, 0.3) is 0 Å². The minimum atomic E-state index is -0.895. The third-order valence-electron chi connectivity index (χ3n) is 2.47. The van der Waals surface area contributed by atoms with E-state index in [0.29, 0.717) is 6.42 Å². The quantitative estimate of drug-likeness (QED) is 0.633. The van der Waals surface area contributed by atoms with Gasteiger partial charge in [-0.05, 0) is 6.42 Å². The largest absolute Gasteiger partial charge is 0.481 e. The molecule has 0 spiro atoms. The molecule has 0 aromatic carbocycles. The zero-order valence-electron chi connectivity index (χ0n) is 8.72. The summed E-state index contributed by atoms with van der Waals surface area (Å²) < 4.78 is 0. The number of carboxylic acids is 1. The van der Waals surface area contributed by atoms with E-state index in [0.717, 1.165) is 0 Å². The van der Waals surface area contributed by atoms with Gasteiger partial charge in [-0.15, -0.1) is 0 Å². The van der Waals surface area contributed by atoms with E-state index in [9.17, 15) is 9.59 Å². The minimum Gasteiger partial charge on any atom is -0.481 e. The van der Waals surface area contributed by atoms with Gasteiger partial charge in [-0.3, -0.25) is 9.59 Å². The zero-order chi connectivity index (χ0) is 11.4. The number of rotatable bonds is 4. The Labute approximate surface area is 88.5 Å². The number of carbonyl (C=O) groups is 2. The number of aliphatic carboxylic acids is 1. The van der Waals surface area contributed by atoms with E-state index in [2.05, 4.69) is 0 Å². The average molecular weight is 212 g/mol. The third-order valence-corrected chi connectivity index (χ3v) is 2.47. The molecule has 1 aliphatic rings. The first-order valence-electron chi connectivity index (χ1n) is 4.91. The smallest absolute Gasteiger partial charge is 0.305 e. The number of carbonyl (C=O) groups excluding carboxylic acids is 1. The molecule has 2 unspecified atom stereocenters. The van der Waals surface area contributed by atoms with E-state index in [4.69, 9.17) is 10.8 Å². The van der Waals surface area contributed by atoms with Crippen molar-refractivity contribution < 1.29 is 14.7 Å². The maximum absolute atomic E-state index is 11.7. The molecular weight excluding hydrogens is 196 g/mol. The van der Waals surface area contributed by atoms with Crippen LogP contribution in [-0.4, -0.2) is 41.5 Å². The Morgan fingerprint density at radius 2 is 2.20 bits per heavy atom. The van der Waals surface area contributed by atoms with E-state index in [1.54, 1.807) is 13.1 Å². The molecule has 0 saturated heterocycles. The third kappa shape index (κ3) is 3.36. The summed E-state index contributed by atoms with van der Waals surface area (Å²) in [6, 6.07) is -0.0492. The summed E-state index contributed by atoms with van der Waals surface area (Å²) >= 11 is 0. The number of hydrogen-bond acceptors (Lipinski definition) is 3. The predicted molar refractivity (Wildman–Crippen MR) is 55.1 cm³/mol. The van der Waals surface area contributed by atoms with Crippen LogP contribution in [0.15, 0.2) is 12.2 Å². The van der Waals surface area contributed by atoms with Gasteiger partial charge in [-0.1, -0.05) is 12.2 Å². The van der Waals surface area contributed by atoms with E-state index < -0.39 is 5.97 Å². The first-order chi connectivity index (χ1) is 7.00. The molecule has 0 bridgehead atoms. The van der Waals surface area contributed by atoms with Gasteiger partial charge < -0.3 is 15.7 Å². The summed E-state index contributed by atoms with van der Waals surface area (Å²) in [5, 5.41) is 8.48. The van der Waals surface area contributed by atoms with Crippen molar-refractivity contribution in [1.82, 2.24) is 4.90 Å². The molecule has 5 nitrogen and oxygen atoms in total. The summed E-state index contributed by atoms with van der Waals surface area (Å²) in [7, 11) is 1.61. The van der Waals surface area contributed by atoms with Crippen LogP contribution in [0.5, 0.6) is 0 Å². The van der Waals surface area contributed by atoms with Gasteiger partial charge in [0, 0.05) is 19.6 Å². The second-order valence-electron chi connectivity index (χ2n) is 3.79.